The molecule has 1 amide bonds. The second-order valence-corrected chi connectivity index (χ2v) is 6.77. The van der Waals surface area contributed by atoms with Crippen LogP contribution in [-0.4, -0.2) is 17.6 Å². The zero-order chi connectivity index (χ0) is 20.7. The summed E-state index contributed by atoms with van der Waals surface area (Å²) in [6, 6.07) is 12.7. The monoisotopic (exact) mass is 398 g/mol. The number of nitrogens with zero attached hydrogens (tertiary/aromatic N) is 1. The molecule has 0 atom stereocenters. The standard InChI is InChI=1S/C22H17F3N2O2/c1-29-11-12-5-7-14-18(9-12)27(10-13-6-8-16(23)21(25)20(13)24)17-4-2-3-15(19(14)17)22(26)28/h2-9H,10-11H2,1H3,(H2,26,28). The maximum absolute atomic E-state index is 14.3. The summed E-state index contributed by atoms with van der Waals surface area (Å²) < 4.78 is 48.4. The van der Waals surface area contributed by atoms with Crippen LogP contribution in [0.1, 0.15) is 21.5 Å². The molecular formula is C22H17F3N2O2. The molecule has 0 spiro atoms. The molecule has 0 saturated carbocycles. The van der Waals surface area contributed by atoms with E-state index in [4.69, 9.17) is 10.5 Å². The van der Waals surface area contributed by atoms with Gasteiger partial charge < -0.3 is 15.0 Å². The van der Waals surface area contributed by atoms with E-state index in [1.165, 1.54) is 6.07 Å². The van der Waals surface area contributed by atoms with Gasteiger partial charge in [0.1, 0.15) is 0 Å². The van der Waals surface area contributed by atoms with Crippen LogP contribution in [0.25, 0.3) is 21.8 Å². The maximum atomic E-state index is 14.3. The van der Waals surface area contributed by atoms with E-state index in [0.717, 1.165) is 17.0 Å². The average molecular weight is 398 g/mol. The van der Waals surface area contributed by atoms with Crippen molar-refractivity contribution < 1.29 is 22.7 Å². The number of methoxy groups -OCH3 is 1. The molecule has 0 aliphatic heterocycles. The number of aromatic nitrogens is 1. The molecule has 4 aromatic rings. The third kappa shape index (κ3) is 3.13. The maximum Gasteiger partial charge on any atom is 0.249 e. The van der Waals surface area contributed by atoms with Crippen molar-refractivity contribution in [2.45, 2.75) is 13.2 Å². The summed E-state index contributed by atoms with van der Waals surface area (Å²) >= 11 is 0. The first kappa shape index (κ1) is 19.0. The number of primary amides is 1. The highest BCUT2D eigenvalue weighted by atomic mass is 19.2. The van der Waals surface area contributed by atoms with Gasteiger partial charge in [0.15, 0.2) is 17.5 Å². The molecule has 4 rings (SSSR count). The van der Waals surface area contributed by atoms with Crippen LogP contribution in [0, 0.1) is 17.5 Å². The van der Waals surface area contributed by atoms with Crippen molar-refractivity contribution in [1.82, 2.24) is 4.57 Å². The lowest BCUT2D eigenvalue weighted by Gasteiger charge is -2.10. The van der Waals surface area contributed by atoms with Crippen LogP contribution in [0.4, 0.5) is 13.2 Å². The first-order chi connectivity index (χ1) is 13.9. The highest BCUT2D eigenvalue weighted by molar-refractivity contribution is 6.17. The Labute approximate surface area is 164 Å². The summed E-state index contributed by atoms with van der Waals surface area (Å²) in [4.78, 5) is 12.0. The van der Waals surface area contributed by atoms with E-state index in [1.54, 1.807) is 29.9 Å². The average Bonchev–Trinajstić information content (AvgIpc) is 3.01. The van der Waals surface area contributed by atoms with Crippen molar-refractivity contribution in [3.63, 3.8) is 0 Å². The smallest absolute Gasteiger partial charge is 0.249 e. The van der Waals surface area contributed by atoms with Gasteiger partial charge in [-0.2, -0.15) is 0 Å². The van der Waals surface area contributed by atoms with Gasteiger partial charge in [0.2, 0.25) is 5.91 Å². The van der Waals surface area contributed by atoms with Gasteiger partial charge in [-0.1, -0.05) is 24.3 Å². The number of nitrogens with two attached hydrogens (primary N) is 1. The van der Waals surface area contributed by atoms with E-state index >= 15 is 0 Å². The van der Waals surface area contributed by atoms with Gasteiger partial charge in [-0.3, -0.25) is 4.79 Å². The van der Waals surface area contributed by atoms with Crippen molar-refractivity contribution >= 4 is 27.7 Å². The number of benzene rings is 3. The van der Waals surface area contributed by atoms with Gasteiger partial charge >= 0.3 is 0 Å². The van der Waals surface area contributed by atoms with Crippen molar-refractivity contribution in [2.75, 3.05) is 7.11 Å². The lowest BCUT2D eigenvalue weighted by molar-refractivity contribution is 0.100. The minimum absolute atomic E-state index is 0.00989. The molecule has 0 aliphatic rings. The van der Waals surface area contributed by atoms with Gasteiger partial charge in [-0.15, -0.1) is 0 Å². The Balaban J connectivity index is 2.02. The Morgan fingerprint density at radius 3 is 2.55 bits per heavy atom. The van der Waals surface area contributed by atoms with E-state index in [1.807, 2.05) is 18.2 Å². The van der Waals surface area contributed by atoms with Crippen LogP contribution in [-0.2, 0) is 17.9 Å². The molecule has 0 fully saturated rings. The van der Waals surface area contributed by atoms with Crippen LogP contribution >= 0.6 is 0 Å². The predicted molar refractivity (Wildman–Crippen MR) is 104 cm³/mol. The highest BCUT2D eigenvalue weighted by Gasteiger charge is 2.19. The fourth-order valence-corrected chi connectivity index (χ4v) is 3.68. The Morgan fingerprint density at radius 2 is 1.83 bits per heavy atom. The zero-order valence-corrected chi connectivity index (χ0v) is 15.5. The largest absolute Gasteiger partial charge is 0.380 e. The first-order valence-electron chi connectivity index (χ1n) is 8.87. The second kappa shape index (κ2) is 7.25. The second-order valence-electron chi connectivity index (χ2n) is 6.77. The predicted octanol–water partition coefficient (Wildman–Crippen LogP) is 4.51. The number of ether oxygens (including phenoxy) is 1. The summed E-state index contributed by atoms with van der Waals surface area (Å²) in [6.07, 6.45) is 0. The molecule has 148 valence electrons. The minimum Gasteiger partial charge on any atom is -0.380 e. The van der Waals surface area contributed by atoms with Gasteiger partial charge in [-0.05, 0) is 29.8 Å². The number of carbonyl (C=O) groups is 1. The molecule has 29 heavy (non-hydrogen) atoms. The van der Waals surface area contributed by atoms with Gasteiger partial charge in [0, 0.05) is 34.5 Å². The Bertz CT molecular complexity index is 1260. The van der Waals surface area contributed by atoms with Crippen LogP contribution in [0.2, 0.25) is 0 Å². The lowest BCUT2D eigenvalue weighted by atomic mass is 10.0. The van der Waals surface area contributed by atoms with E-state index < -0.39 is 23.4 Å². The fourth-order valence-electron chi connectivity index (χ4n) is 3.68. The lowest BCUT2D eigenvalue weighted by Crippen LogP contribution is -2.11. The molecule has 4 nitrogen and oxygen atoms in total. The van der Waals surface area contributed by atoms with Crippen molar-refractivity contribution in [3.05, 3.63) is 82.7 Å². The molecule has 1 heterocycles. The van der Waals surface area contributed by atoms with Crippen LogP contribution < -0.4 is 5.73 Å². The number of amides is 1. The highest BCUT2D eigenvalue weighted by Crippen LogP contribution is 2.33. The Morgan fingerprint density at radius 1 is 1.03 bits per heavy atom. The van der Waals surface area contributed by atoms with E-state index in [-0.39, 0.29) is 12.1 Å². The summed E-state index contributed by atoms with van der Waals surface area (Å²) in [5.74, 6) is -4.58. The van der Waals surface area contributed by atoms with Crippen LogP contribution in [0.3, 0.4) is 0 Å². The van der Waals surface area contributed by atoms with Crippen molar-refractivity contribution in [3.8, 4) is 0 Å². The van der Waals surface area contributed by atoms with E-state index in [0.29, 0.717) is 28.6 Å². The van der Waals surface area contributed by atoms with Crippen molar-refractivity contribution in [1.29, 1.82) is 0 Å². The summed E-state index contributed by atoms with van der Waals surface area (Å²) in [5.41, 5.74) is 8.08. The molecule has 3 aromatic carbocycles. The molecule has 2 N–H and O–H groups in total. The third-order valence-electron chi connectivity index (χ3n) is 4.98. The van der Waals surface area contributed by atoms with Gasteiger partial charge in [0.25, 0.3) is 0 Å². The number of hydrogen-bond donors (Lipinski definition) is 1. The number of hydrogen-bond acceptors (Lipinski definition) is 2. The molecule has 7 heteroatoms. The Kier molecular flexibility index (Phi) is 4.76. The molecule has 0 unspecified atom stereocenters. The Hall–Kier alpha value is -3.32. The topological polar surface area (TPSA) is 57.2 Å². The molecular weight excluding hydrogens is 381 g/mol. The number of fused-ring (bicyclic) bond motifs is 3. The SMILES string of the molecule is COCc1ccc2c3c(C(N)=O)cccc3n(Cc3ccc(F)c(F)c3F)c2c1. The summed E-state index contributed by atoms with van der Waals surface area (Å²) in [7, 11) is 1.57. The van der Waals surface area contributed by atoms with Crippen molar-refractivity contribution in [2.24, 2.45) is 5.73 Å². The molecule has 1 aromatic heterocycles. The van der Waals surface area contributed by atoms with Gasteiger partial charge in [-0.25, -0.2) is 13.2 Å². The van der Waals surface area contributed by atoms with Crippen LogP contribution in [0.15, 0.2) is 48.5 Å². The number of carbonyl (C=O) groups excluding carboxylic acids is 1. The molecule has 0 saturated heterocycles. The summed E-state index contributed by atoms with van der Waals surface area (Å²) in [6.45, 7) is 0.307. The van der Waals surface area contributed by atoms with Crippen LogP contribution in [0.5, 0.6) is 0 Å². The number of halogens is 3. The summed E-state index contributed by atoms with van der Waals surface area (Å²) in [5, 5.41) is 1.37. The molecule has 0 aliphatic carbocycles. The zero-order valence-electron chi connectivity index (χ0n) is 15.5. The number of rotatable bonds is 5. The molecule has 0 radical (unpaired) electrons. The minimum atomic E-state index is -1.51. The quantitative estimate of drug-likeness (QED) is 0.503. The van der Waals surface area contributed by atoms with E-state index in [2.05, 4.69) is 0 Å². The fraction of sp³-hybridized carbons (Fsp3) is 0.136. The normalized spacial score (nSPS) is 11.4. The van der Waals surface area contributed by atoms with E-state index in [9.17, 15) is 18.0 Å². The first-order valence-corrected chi connectivity index (χ1v) is 8.87. The third-order valence-corrected chi connectivity index (χ3v) is 4.98. The van der Waals surface area contributed by atoms with Gasteiger partial charge in [0.05, 0.1) is 18.7 Å². The molecule has 0 bridgehead atoms.